The Balaban J connectivity index is 1.80. The Morgan fingerprint density at radius 1 is 1.39 bits per heavy atom. The lowest BCUT2D eigenvalue weighted by molar-refractivity contribution is -0.129. The van der Waals surface area contributed by atoms with Crippen molar-refractivity contribution in [3.05, 3.63) is 29.3 Å². The van der Waals surface area contributed by atoms with Crippen LogP contribution in [0.15, 0.2) is 18.2 Å². The number of hydrogen-bond acceptors (Lipinski definition) is 4. The fourth-order valence-corrected chi connectivity index (χ4v) is 4.81. The lowest BCUT2D eigenvalue weighted by Gasteiger charge is -2.35. The molecule has 5 heteroatoms. The van der Waals surface area contributed by atoms with Gasteiger partial charge in [0.25, 0.3) is 0 Å². The second kappa shape index (κ2) is 6.36. The molecular formula is C18H26N2O2S. The Labute approximate surface area is 143 Å². The van der Waals surface area contributed by atoms with Crippen molar-refractivity contribution in [1.82, 2.24) is 9.80 Å². The number of benzene rings is 1. The van der Waals surface area contributed by atoms with E-state index in [2.05, 4.69) is 55.9 Å². The molecule has 0 aliphatic carbocycles. The van der Waals surface area contributed by atoms with Gasteiger partial charge in [0.15, 0.2) is 0 Å². The van der Waals surface area contributed by atoms with E-state index in [4.69, 9.17) is 4.74 Å². The number of carbonyl (C=O) groups excluding carboxylic acids is 1. The molecule has 2 aliphatic rings. The summed E-state index contributed by atoms with van der Waals surface area (Å²) < 4.78 is 5.60. The zero-order valence-corrected chi connectivity index (χ0v) is 15.3. The maximum absolute atomic E-state index is 12.4. The van der Waals surface area contributed by atoms with Crippen molar-refractivity contribution in [2.45, 2.75) is 25.6 Å². The minimum absolute atomic E-state index is 0.0716. The fourth-order valence-electron chi connectivity index (χ4n) is 3.63. The Bertz CT molecular complexity index is 601. The van der Waals surface area contributed by atoms with Crippen LogP contribution in [0.2, 0.25) is 0 Å². The van der Waals surface area contributed by atoms with Crippen molar-refractivity contribution in [3.8, 4) is 5.75 Å². The summed E-state index contributed by atoms with van der Waals surface area (Å²) in [5, 5.41) is 0.134. The maximum Gasteiger partial charge on any atom is 0.233 e. The molecule has 126 valence electrons. The second-order valence-electron chi connectivity index (χ2n) is 7.55. The highest BCUT2D eigenvalue weighted by atomic mass is 32.2. The van der Waals surface area contributed by atoms with Crippen LogP contribution in [0.1, 0.15) is 30.3 Å². The fraction of sp³-hybridized carbons (Fsp3) is 0.611. The van der Waals surface area contributed by atoms with Crippen LogP contribution in [0.3, 0.4) is 0 Å². The zero-order chi connectivity index (χ0) is 16.6. The van der Waals surface area contributed by atoms with Crippen LogP contribution in [-0.2, 0) is 11.2 Å². The van der Waals surface area contributed by atoms with Crippen molar-refractivity contribution in [2.75, 3.05) is 39.5 Å². The van der Waals surface area contributed by atoms with Gasteiger partial charge in [0.2, 0.25) is 5.91 Å². The van der Waals surface area contributed by atoms with Gasteiger partial charge in [-0.2, -0.15) is 0 Å². The van der Waals surface area contributed by atoms with E-state index in [1.54, 1.807) is 11.8 Å². The van der Waals surface area contributed by atoms with Crippen LogP contribution in [0.5, 0.6) is 5.75 Å². The van der Waals surface area contributed by atoms with Crippen molar-refractivity contribution in [2.24, 2.45) is 5.41 Å². The van der Waals surface area contributed by atoms with Crippen molar-refractivity contribution >= 4 is 17.7 Å². The van der Waals surface area contributed by atoms with Crippen LogP contribution >= 0.6 is 11.8 Å². The Hall–Kier alpha value is -1.20. The molecule has 0 radical (unpaired) electrons. The zero-order valence-electron chi connectivity index (χ0n) is 14.5. The van der Waals surface area contributed by atoms with Gasteiger partial charge in [-0.25, -0.2) is 0 Å². The van der Waals surface area contributed by atoms with Gasteiger partial charge in [0, 0.05) is 19.5 Å². The molecule has 23 heavy (non-hydrogen) atoms. The van der Waals surface area contributed by atoms with Gasteiger partial charge >= 0.3 is 0 Å². The van der Waals surface area contributed by atoms with Gasteiger partial charge in [0.05, 0.1) is 12.4 Å². The van der Waals surface area contributed by atoms with Crippen LogP contribution < -0.4 is 4.74 Å². The number of rotatable bonds is 5. The predicted molar refractivity (Wildman–Crippen MR) is 94.9 cm³/mol. The third-order valence-corrected chi connectivity index (χ3v) is 5.57. The molecule has 4 nitrogen and oxygen atoms in total. The van der Waals surface area contributed by atoms with Gasteiger partial charge in [-0.05, 0) is 42.8 Å². The molecule has 1 aromatic carbocycles. The highest BCUT2D eigenvalue weighted by Crippen LogP contribution is 2.42. The monoisotopic (exact) mass is 334 g/mol. The molecule has 0 N–H and O–H groups in total. The minimum Gasteiger partial charge on any atom is -0.493 e. The predicted octanol–water partition coefficient (Wildman–Crippen LogP) is 2.78. The lowest BCUT2D eigenvalue weighted by Crippen LogP contribution is -2.41. The van der Waals surface area contributed by atoms with Gasteiger partial charge < -0.3 is 14.5 Å². The van der Waals surface area contributed by atoms with Gasteiger partial charge in [-0.3, -0.25) is 4.79 Å². The summed E-state index contributed by atoms with van der Waals surface area (Å²) >= 11 is 1.74. The van der Waals surface area contributed by atoms with Crippen LogP contribution in [-0.4, -0.2) is 55.3 Å². The topological polar surface area (TPSA) is 32.8 Å². The maximum atomic E-state index is 12.4. The molecule has 1 saturated heterocycles. The van der Waals surface area contributed by atoms with Crippen molar-refractivity contribution < 1.29 is 9.53 Å². The molecule has 1 atom stereocenters. The molecule has 0 saturated carbocycles. The first kappa shape index (κ1) is 16.7. The number of carbonyl (C=O) groups is 1. The number of amides is 1. The quantitative estimate of drug-likeness (QED) is 0.829. The van der Waals surface area contributed by atoms with E-state index in [0.29, 0.717) is 5.75 Å². The summed E-state index contributed by atoms with van der Waals surface area (Å²) in [6, 6.07) is 6.40. The number of ether oxygens (including phenoxy) is 1. The van der Waals surface area contributed by atoms with Gasteiger partial charge in [0.1, 0.15) is 11.1 Å². The van der Waals surface area contributed by atoms with Crippen molar-refractivity contribution in [3.63, 3.8) is 0 Å². The van der Waals surface area contributed by atoms with Crippen LogP contribution in [0.25, 0.3) is 0 Å². The number of thioether (sulfide) groups is 1. The Morgan fingerprint density at radius 3 is 2.91 bits per heavy atom. The molecule has 2 heterocycles. The molecule has 1 fully saturated rings. The molecule has 2 aliphatic heterocycles. The Morgan fingerprint density at radius 2 is 2.17 bits per heavy atom. The van der Waals surface area contributed by atoms with Gasteiger partial charge in [-0.15, -0.1) is 11.8 Å². The van der Waals surface area contributed by atoms with E-state index in [1.165, 1.54) is 11.1 Å². The third-order valence-electron chi connectivity index (χ3n) is 4.31. The summed E-state index contributed by atoms with van der Waals surface area (Å²) in [6.45, 7) is 6.99. The van der Waals surface area contributed by atoms with E-state index in [9.17, 15) is 4.79 Å². The largest absolute Gasteiger partial charge is 0.493 e. The summed E-state index contributed by atoms with van der Waals surface area (Å²) in [4.78, 5) is 16.7. The average molecular weight is 334 g/mol. The third kappa shape index (κ3) is 3.66. The van der Waals surface area contributed by atoms with E-state index < -0.39 is 0 Å². The first-order valence-corrected chi connectivity index (χ1v) is 9.22. The Kier molecular flexibility index (Phi) is 4.61. The highest BCUT2D eigenvalue weighted by Gasteiger charge is 2.37. The average Bonchev–Trinajstić information content (AvgIpc) is 3.04. The molecule has 1 amide bonds. The van der Waals surface area contributed by atoms with E-state index >= 15 is 0 Å². The van der Waals surface area contributed by atoms with E-state index in [1.807, 2.05) is 0 Å². The molecule has 0 bridgehead atoms. The normalized spacial score (nSPS) is 21.0. The van der Waals surface area contributed by atoms with Crippen molar-refractivity contribution in [1.29, 1.82) is 0 Å². The van der Waals surface area contributed by atoms with E-state index in [0.717, 1.165) is 31.9 Å². The minimum atomic E-state index is 0.0716. The number of nitrogens with zero attached hydrogens (tertiary/aromatic N) is 2. The van der Waals surface area contributed by atoms with E-state index in [-0.39, 0.29) is 16.7 Å². The second-order valence-corrected chi connectivity index (χ2v) is 8.62. The summed E-state index contributed by atoms with van der Waals surface area (Å²) in [5.41, 5.74) is 2.57. The molecule has 0 aromatic heterocycles. The first-order chi connectivity index (χ1) is 10.9. The molecule has 3 rings (SSSR count). The van der Waals surface area contributed by atoms with Crippen LogP contribution in [0.4, 0.5) is 0 Å². The van der Waals surface area contributed by atoms with Gasteiger partial charge in [-0.1, -0.05) is 19.9 Å². The lowest BCUT2D eigenvalue weighted by atomic mass is 9.92. The molecule has 1 unspecified atom stereocenters. The highest BCUT2D eigenvalue weighted by molar-refractivity contribution is 8.00. The standard InChI is InChI=1S/C18H26N2O2S/c1-18(2,11-19(3)4)12-20-16(21)10-23-17(20)14-5-6-15-13(9-14)7-8-22-15/h5-6,9,17H,7-8,10-12H2,1-4H3. The molecular weight excluding hydrogens is 308 g/mol. The molecule has 0 spiro atoms. The molecule has 1 aromatic rings. The first-order valence-electron chi connectivity index (χ1n) is 8.17. The smallest absolute Gasteiger partial charge is 0.233 e. The number of hydrogen-bond donors (Lipinski definition) is 0. The SMILES string of the molecule is CN(C)CC(C)(C)CN1C(=O)CSC1c1ccc2c(c1)CCO2. The summed E-state index contributed by atoms with van der Waals surface area (Å²) in [6.07, 6.45) is 0.973. The number of fused-ring (bicyclic) bond motifs is 1. The summed E-state index contributed by atoms with van der Waals surface area (Å²) in [7, 11) is 4.17. The summed E-state index contributed by atoms with van der Waals surface area (Å²) in [5.74, 6) is 1.84. The van der Waals surface area contributed by atoms with Crippen LogP contribution in [0, 0.1) is 5.41 Å².